The van der Waals surface area contributed by atoms with Crippen LogP contribution in [0.2, 0.25) is 0 Å². The summed E-state index contributed by atoms with van der Waals surface area (Å²) in [5.41, 5.74) is 1.23. The maximum absolute atomic E-state index is 4.37. The molecule has 1 aromatic heterocycles. The number of aryl methyl sites for hydroxylation is 1. The predicted octanol–water partition coefficient (Wildman–Crippen LogP) is 4.78. The van der Waals surface area contributed by atoms with E-state index in [1.807, 2.05) is 6.20 Å². The normalized spacial score (nSPS) is 12.5. The lowest BCUT2D eigenvalue weighted by atomic mass is 9.99. The topological polar surface area (TPSA) is 24.9 Å². The van der Waals surface area contributed by atoms with Crippen LogP contribution in [0.3, 0.4) is 0 Å². The third-order valence-electron chi connectivity index (χ3n) is 3.16. The van der Waals surface area contributed by atoms with E-state index >= 15 is 0 Å². The first kappa shape index (κ1) is 14.5. The van der Waals surface area contributed by atoms with Crippen LogP contribution in [0.4, 0.5) is 5.82 Å². The number of nitrogens with one attached hydrogen (secondary N) is 1. The van der Waals surface area contributed by atoms with Gasteiger partial charge in [-0.15, -0.1) is 0 Å². The first-order valence-corrected chi connectivity index (χ1v) is 7.32. The van der Waals surface area contributed by atoms with Crippen molar-refractivity contribution in [2.75, 3.05) is 11.9 Å². The molecule has 96 valence electrons. The minimum Gasteiger partial charge on any atom is -0.370 e. The molecular weight excluding hydrogens is 276 g/mol. The molecule has 1 unspecified atom stereocenters. The quantitative estimate of drug-likeness (QED) is 0.783. The molecule has 0 aliphatic heterocycles. The number of halogens is 1. The van der Waals surface area contributed by atoms with Crippen molar-refractivity contribution in [2.45, 2.75) is 46.5 Å². The Bertz CT molecular complexity index is 339. The van der Waals surface area contributed by atoms with Gasteiger partial charge in [-0.05, 0) is 46.8 Å². The zero-order chi connectivity index (χ0) is 12.7. The van der Waals surface area contributed by atoms with Gasteiger partial charge in [0.1, 0.15) is 5.82 Å². The summed E-state index contributed by atoms with van der Waals surface area (Å²) in [5, 5.41) is 3.44. The number of unbranched alkanes of at least 4 members (excludes halogenated alkanes) is 1. The number of rotatable bonds is 7. The molecule has 3 heteroatoms. The van der Waals surface area contributed by atoms with Crippen molar-refractivity contribution in [3.05, 3.63) is 22.3 Å². The smallest absolute Gasteiger partial charge is 0.126 e. The maximum Gasteiger partial charge on any atom is 0.126 e. The number of aromatic nitrogens is 1. The maximum atomic E-state index is 4.37. The van der Waals surface area contributed by atoms with Gasteiger partial charge in [-0.25, -0.2) is 4.98 Å². The summed E-state index contributed by atoms with van der Waals surface area (Å²) >= 11 is 3.47. The molecule has 1 heterocycles. The van der Waals surface area contributed by atoms with E-state index in [0.29, 0.717) is 0 Å². The SMILES string of the molecule is CCCCC(CC)CNc1cc(C)c(Br)cn1. The monoisotopic (exact) mass is 298 g/mol. The van der Waals surface area contributed by atoms with E-state index in [9.17, 15) is 0 Å². The molecule has 0 amide bonds. The van der Waals surface area contributed by atoms with Gasteiger partial charge in [-0.2, -0.15) is 0 Å². The molecule has 0 saturated carbocycles. The van der Waals surface area contributed by atoms with Crippen molar-refractivity contribution in [1.82, 2.24) is 4.98 Å². The zero-order valence-electron chi connectivity index (χ0n) is 11.1. The highest BCUT2D eigenvalue weighted by atomic mass is 79.9. The van der Waals surface area contributed by atoms with Crippen LogP contribution in [0.1, 0.15) is 45.1 Å². The van der Waals surface area contributed by atoms with E-state index in [1.165, 1.54) is 31.2 Å². The van der Waals surface area contributed by atoms with Crippen molar-refractivity contribution >= 4 is 21.7 Å². The highest BCUT2D eigenvalue weighted by molar-refractivity contribution is 9.10. The van der Waals surface area contributed by atoms with Crippen molar-refractivity contribution < 1.29 is 0 Å². The van der Waals surface area contributed by atoms with Crippen LogP contribution in [-0.2, 0) is 0 Å². The molecule has 1 N–H and O–H groups in total. The average molecular weight is 299 g/mol. The second-order valence-corrected chi connectivity index (χ2v) is 5.47. The predicted molar refractivity (Wildman–Crippen MR) is 78.5 cm³/mol. The highest BCUT2D eigenvalue weighted by Crippen LogP contribution is 2.18. The van der Waals surface area contributed by atoms with E-state index in [4.69, 9.17) is 0 Å². The number of hydrogen-bond donors (Lipinski definition) is 1. The Kier molecular flexibility index (Phi) is 6.56. The second-order valence-electron chi connectivity index (χ2n) is 4.62. The van der Waals surface area contributed by atoms with Crippen LogP contribution < -0.4 is 5.32 Å². The first-order valence-electron chi connectivity index (χ1n) is 6.53. The molecule has 0 aromatic carbocycles. The zero-order valence-corrected chi connectivity index (χ0v) is 12.7. The van der Waals surface area contributed by atoms with Gasteiger partial charge in [0.15, 0.2) is 0 Å². The van der Waals surface area contributed by atoms with E-state index < -0.39 is 0 Å². The summed E-state index contributed by atoms with van der Waals surface area (Å²) in [5.74, 6) is 1.75. The number of pyridine rings is 1. The third kappa shape index (κ3) is 5.07. The molecule has 0 aliphatic rings. The average Bonchev–Trinajstić information content (AvgIpc) is 2.34. The molecule has 1 aromatic rings. The molecular formula is C14H23BrN2. The summed E-state index contributed by atoms with van der Waals surface area (Å²) < 4.78 is 1.07. The second kappa shape index (κ2) is 7.70. The van der Waals surface area contributed by atoms with Gasteiger partial charge in [0.25, 0.3) is 0 Å². The fraction of sp³-hybridized carbons (Fsp3) is 0.643. The highest BCUT2D eigenvalue weighted by Gasteiger charge is 2.06. The summed E-state index contributed by atoms with van der Waals surface area (Å²) in [6.45, 7) is 7.64. The largest absolute Gasteiger partial charge is 0.370 e. The molecule has 1 rings (SSSR count). The van der Waals surface area contributed by atoms with Crippen LogP contribution in [0.15, 0.2) is 16.7 Å². The molecule has 1 atom stereocenters. The fourth-order valence-corrected chi connectivity index (χ4v) is 2.05. The number of nitrogens with zero attached hydrogens (tertiary/aromatic N) is 1. The Morgan fingerprint density at radius 3 is 2.76 bits per heavy atom. The van der Waals surface area contributed by atoms with Gasteiger partial charge in [0.2, 0.25) is 0 Å². The van der Waals surface area contributed by atoms with Crippen LogP contribution in [-0.4, -0.2) is 11.5 Å². The van der Waals surface area contributed by atoms with Gasteiger partial charge in [0.05, 0.1) is 0 Å². The number of hydrogen-bond acceptors (Lipinski definition) is 2. The molecule has 0 saturated heterocycles. The molecule has 2 nitrogen and oxygen atoms in total. The van der Waals surface area contributed by atoms with Gasteiger partial charge in [-0.1, -0.05) is 33.1 Å². The molecule has 0 bridgehead atoms. The lowest BCUT2D eigenvalue weighted by Crippen LogP contribution is -2.14. The molecule has 17 heavy (non-hydrogen) atoms. The van der Waals surface area contributed by atoms with Gasteiger partial charge < -0.3 is 5.32 Å². The van der Waals surface area contributed by atoms with E-state index in [1.54, 1.807) is 0 Å². The van der Waals surface area contributed by atoms with Gasteiger partial charge in [0, 0.05) is 17.2 Å². The molecule has 0 fully saturated rings. The summed E-state index contributed by atoms with van der Waals surface area (Å²) in [7, 11) is 0. The van der Waals surface area contributed by atoms with Crippen LogP contribution in [0, 0.1) is 12.8 Å². The standard InChI is InChI=1S/C14H23BrN2/c1-4-6-7-12(5-2)9-16-14-8-11(3)13(15)10-17-14/h8,10,12H,4-7,9H2,1-3H3,(H,16,17). The lowest BCUT2D eigenvalue weighted by molar-refractivity contribution is 0.472. The first-order chi connectivity index (χ1) is 8.17. The molecule has 0 spiro atoms. The van der Waals surface area contributed by atoms with Crippen molar-refractivity contribution in [2.24, 2.45) is 5.92 Å². The Morgan fingerprint density at radius 1 is 1.41 bits per heavy atom. The molecule has 0 radical (unpaired) electrons. The lowest BCUT2D eigenvalue weighted by Gasteiger charge is -2.16. The summed E-state index contributed by atoms with van der Waals surface area (Å²) in [6.07, 6.45) is 7.03. The Hall–Kier alpha value is -0.570. The van der Waals surface area contributed by atoms with Crippen LogP contribution >= 0.6 is 15.9 Å². The third-order valence-corrected chi connectivity index (χ3v) is 3.99. The number of anilines is 1. The minimum absolute atomic E-state index is 0.765. The molecule has 0 aliphatic carbocycles. The Morgan fingerprint density at radius 2 is 2.18 bits per heavy atom. The van der Waals surface area contributed by atoms with E-state index in [2.05, 4.69) is 53.1 Å². The van der Waals surface area contributed by atoms with Gasteiger partial charge >= 0.3 is 0 Å². The fourth-order valence-electron chi connectivity index (χ4n) is 1.83. The Labute approximate surface area is 113 Å². The van der Waals surface area contributed by atoms with Crippen LogP contribution in [0.25, 0.3) is 0 Å². The van der Waals surface area contributed by atoms with Crippen molar-refractivity contribution in [3.63, 3.8) is 0 Å². The van der Waals surface area contributed by atoms with Gasteiger partial charge in [-0.3, -0.25) is 0 Å². The Balaban J connectivity index is 2.45. The van der Waals surface area contributed by atoms with Crippen LogP contribution in [0.5, 0.6) is 0 Å². The summed E-state index contributed by atoms with van der Waals surface area (Å²) in [6, 6.07) is 2.09. The van der Waals surface area contributed by atoms with Crippen molar-refractivity contribution in [1.29, 1.82) is 0 Å². The van der Waals surface area contributed by atoms with E-state index in [0.717, 1.165) is 22.8 Å². The summed E-state index contributed by atoms with van der Waals surface area (Å²) in [4.78, 5) is 4.37. The van der Waals surface area contributed by atoms with Crippen molar-refractivity contribution in [3.8, 4) is 0 Å². The minimum atomic E-state index is 0.765. The van der Waals surface area contributed by atoms with E-state index in [-0.39, 0.29) is 0 Å².